The van der Waals surface area contributed by atoms with Gasteiger partial charge in [-0.15, -0.1) is 0 Å². The number of rotatable bonds is 4. The Morgan fingerprint density at radius 2 is 1.92 bits per heavy atom. The molecule has 2 N–H and O–H groups in total. The summed E-state index contributed by atoms with van der Waals surface area (Å²) in [5.74, 6) is -0.119. The fraction of sp³-hybridized carbons (Fsp3) is 0.611. The third-order valence-corrected chi connectivity index (χ3v) is 5.23. The number of fused-ring (bicyclic) bond motifs is 1. The second-order valence-corrected chi connectivity index (χ2v) is 7.16. The minimum absolute atomic E-state index is 0.119. The third kappa shape index (κ3) is 3.39. The standard InChI is InChI=1S/C18H25N5O2/c1-11-9-12(2)23-17(19-11)10-16(22-23)18(24)21-15-4-3-14(15)20-13-5-7-25-8-6-13/h9-10,13-15,20H,3-8H2,1-2H3,(H,21,24). The summed E-state index contributed by atoms with van der Waals surface area (Å²) in [6, 6.07) is 4.75. The number of aromatic nitrogens is 3. The molecule has 0 spiro atoms. The van der Waals surface area contributed by atoms with Crippen molar-refractivity contribution in [1.29, 1.82) is 0 Å². The largest absolute Gasteiger partial charge is 0.381 e. The van der Waals surface area contributed by atoms with Gasteiger partial charge in [0.1, 0.15) is 0 Å². The summed E-state index contributed by atoms with van der Waals surface area (Å²) >= 11 is 0. The maximum absolute atomic E-state index is 12.6. The summed E-state index contributed by atoms with van der Waals surface area (Å²) in [5, 5.41) is 11.2. The topological polar surface area (TPSA) is 80.6 Å². The van der Waals surface area contributed by atoms with Crippen LogP contribution in [-0.4, -0.2) is 51.8 Å². The zero-order valence-electron chi connectivity index (χ0n) is 14.8. The zero-order chi connectivity index (χ0) is 17.4. The molecule has 25 heavy (non-hydrogen) atoms. The van der Waals surface area contributed by atoms with Gasteiger partial charge >= 0.3 is 0 Å². The van der Waals surface area contributed by atoms with Crippen molar-refractivity contribution in [3.8, 4) is 0 Å². The van der Waals surface area contributed by atoms with Crippen LogP contribution in [0.3, 0.4) is 0 Å². The maximum atomic E-state index is 12.6. The van der Waals surface area contributed by atoms with E-state index in [1.807, 2.05) is 19.9 Å². The quantitative estimate of drug-likeness (QED) is 0.876. The summed E-state index contributed by atoms with van der Waals surface area (Å²) in [4.78, 5) is 17.0. The average Bonchev–Trinajstić information content (AvgIpc) is 3.02. The molecule has 7 heteroatoms. The first kappa shape index (κ1) is 16.5. The lowest BCUT2D eigenvalue weighted by molar-refractivity contribution is 0.0652. The van der Waals surface area contributed by atoms with Crippen LogP contribution in [0.2, 0.25) is 0 Å². The molecular formula is C18H25N5O2. The number of aryl methyl sites for hydroxylation is 2. The molecule has 2 fully saturated rings. The van der Waals surface area contributed by atoms with Gasteiger partial charge in [-0.3, -0.25) is 4.79 Å². The van der Waals surface area contributed by atoms with Crippen molar-refractivity contribution in [1.82, 2.24) is 25.2 Å². The van der Waals surface area contributed by atoms with E-state index in [9.17, 15) is 4.79 Å². The number of nitrogens with zero attached hydrogens (tertiary/aromatic N) is 3. The summed E-state index contributed by atoms with van der Waals surface area (Å²) in [6.45, 7) is 5.57. The smallest absolute Gasteiger partial charge is 0.272 e. The van der Waals surface area contributed by atoms with E-state index in [0.29, 0.717) is 23.4 Å². The molecule has 2 unspecified atom stereocenters. The van der Waals surface area contributed by atoms with Crippen LogP contribution >= 0.6 is 0 Å². The van der Waals surface area contributed by atoms with E-state index in [-0.39, 0.29) is 11.9 Å². The second-order valence-electron chi connectivity index (χ2n) is 7.16. The molecule has 2 aromatic rings. The Morgan fingerprint density at radius 1 is 1.16 bits per heavy atom. The number of hydrogen-bond acceptors (Lipinski definition) is 5. The molecule has 0 bridgehead atoms. The lowest BCUT2D eigenvalue weighted by Crippen LogP contribution is -2.59. The summed E-state index contributed by atoms with van der Waals surface area (Å²) in [6.07, 6.45) is 4.21. The van der Waals surface area contributed by atoms with Gasteiger partial charge in [-0.25, -0.2) is 9.50 Å². The van der Waals surface area contributed by atoms with Crippen LogP contribution < -0.4 is 10.6 Å². The van der Waals surface area contributed by atoms with Crippen molar-refractivity contribution in [2.45, 2.75) is 57.7 Å². The van der Waals surface area contributed by atoms with Gasteiger partial charge in [0.15, 0.2) is 11.3 Å². The Kier molecular flexibility index (Phi) is 4.43. The Hall–Kier alpha value is -1.99. The molecule has 1 aliphatic carbocycles. The van der Waals surface area contributed by atoms with Crippen molar-refractivity contribution in [2.24, 2.45) is 0 Å². The monoisotopic (exact) mass is 343 g/mol. The molecular weight excluding hydrogens is 318 g/mol. The number of nitrogens with one attached hydrogen (secondary N) is 2. The lowest BCUT2D eigenvalue weighted by atomic mass is 9.85. The van der Waals surface area contributed by atoms with Gasteiger partial charge < -0.3 is 15.4 Å². The molecule has 7 nitrogen and oxygen atoms in total. The first-order chi connectivity index (χ1) is 12.1. The van der Waals surface area contributed by atoms with Gasteiger partial charge in [0.25, 0.3) is 5.91 Å². The highest BCUT2D eigenvalue weighted by atomic mass is 16.5. The predicted octanol–water partition coefficient (Wildman–Crippen LogP) is 1.38. The molecule has 1 saturated heterocycles. The maximum Gasteiger partial charge on any atom is 0.272 e. The van der Waals surface area contributed by atoms with E-state index in [4.69, 9.17) is 4.74 Å². The van der Waals surface area contributed by atoms with Gasteiger partial charge in [-0.1, -0.05) is 0 Å². The summed E-state index contributed by atoms with van der Waals surface area (Å²) in [5.41, 5.74) is 3.05. The summed E-state index contributed by atoms with van der Waals surface area (Å²) < 4.78 is 7.13. The van der Waals surface area contributed by atoms with E-state index in [1.54, 1.807) is 10.6 Å². The van der Waals surface area contributed by atoms with Crippen LogP contribution in [0.25, 0.3) is 5.65 Å². The number of carbonyl (C=O) groups excluding carboxylic acids is 1. The van der Waals surface area contributed by atoms with E-state index < -0.39 is 0 Å². The van der Waals surface area contributed by atoms with Crippen LogP contribution in [0.5, 0.6) is 0 Å². The van der Waals surface area contributed by atoms with E-state index in [2.05, 4.69) is 20.7 Å². The fourth-order valence-electron chi connectivity index (χ4n) is 3.68. The van der Waals surface area contributed by atoms with Crippen LogP contribution in [0, 0.1) is 13.8 Å². The highest BCUT2D eigenvalue weighted by Gasteiger charge is 2.34. The molecule has 4 rings (SSSR count). The lowest BCUT2D eigenvalue weighted by Gasteiger charge is -2.40. The van der Waals surface area contributed by atoms with Crippen molar-refractivity contribution < 1.29 is 9.53 Å². The molecule has 1 aliphatic heterocycles. The molecule has 1 amide bonds. The molecule has 2 atom stereocenters. The van der Waals surface area contributed by atoms with Crippen molar-refractivity contribution in [3.63, 3.8) is 0 Å². The zero-order valence-corrected chi connectivity index (χ0v) is 14.8. The number of ether oxygens (including phenoxy) is 1. The first-order valence-electron chi connectivity index (χ1n) is 9.09. The SMILES string of the molecule is Cc1cc(C)n2nc(C(=O)NC3CCC3NC3CCOCC3)cc2n1. The fourth-order valence-corrected chi connectivity index (χ4v) is 3.68. The number of amides is 1. The molecule has 0 radical (unpaired) electrons. The first-order valence-corrected chi connectivity index (χ1v) is 9.09. The Labute approximate surface area is 147 Å². The van der Waals surface area contributed by atoms with E-state index in [0.717, 1.165) is 50.3 Å². The van der Waals surface area contributed by atoms with Gasteiger partial charge in [-0.05, 0) is 45.6 Å². The summed E-state index contributed by atoms with van der Waals surface area (Å²) in [7, 11) is 0. The Morgan fingerprint density at radius 3 is 2.64 bits per heavy atom. The van der Waals surface area contributed by atoms with Gasteiger partial charge in [0, 0.05) is 48.8 Å². The van der Waals surface area contributed by atoms with Crippen LogP contribution in [0.1, 0.15) is 47.6 Å². The normalized spacial score (nSPS) is 24.2. The average molecular weight is 343 g/mol. The van der Waals surface area contributed by atoms with Crippen molar-refractivity contribution >= 4 is 11.6 Å². The van der Waals surface area contributed by atoms with E-state index in [1.165, 1.54) is 0 Å². The predicted molar refractivity (Wildman–Crippen MR) is 93.7 cm³/mol. The van der Waals surface area contributed by atoms with Crippen molar-refractivity contribution in [3.05, 3.63) is 29.2 Å². The molecule has 2 aromatic heterocycles. The Bertz CT molecular complexity index is 781. The molecule has 0 aromatic carbocycles. The van der Waals surface area contributed by atoms with Gasteiger partial charge in [0.05, 0.1) is 0 Å². The number of carbonyl (C=O) groups is 1. The van der Waals surface area contributed by atoms with Crippen LogP contribution in [-0.2, 0) is 4.74 Å². The van der Waals surface area contributed by atoms with Gasteiger partial charge in [0.2, 0.25) is 0 Å². The van der Waals surface area contributed by atoms with Crippen molar-refractivity contribution in [2.75, 3.05) is 13.2 Å². The highest BCUT2D eigenvalue weighted by Crippen LogP contribution is 2.22. The molecule has 3 heterocycles. The third-order valence-electron chi connectivity index (χ3n) is 5.23. The highest BCUT2D eigenvalue weighted by molar-refractivity contribution is 5.93. The molecule has 2 aliphatic rings. The second kappa shape index (κ2) is 6.72. The van der Waals surface area contributed by atoms with E-state index >= 15 is 0 Å². The molecule has 134 valence electrons. The number of hydrogen-bond donors (Lipinski definition) is 2. The van der Waals surface area contributed by atoms with Crippen LogP contribution in [0.15, 0.2) is 12.1 Å². The minimum atomic E-state index is -0.119. The van der Waals surface area contributed by atoms with Crippen LogP contribution in [0.4, 0.5) is 0 Å². The molecule has 1 saturated carbocycles. The van der Waals surface area contributed by atoms with Gasteiger partial charge in [-0.2, -0.15) is 5.10 Å². The Balaban J connectivity index is 1.40. The minimum Gasteiger partial charge on any atom is -0.381 e.